The molecule has 5 aliphatic rings. The molecule has 5 aliphatic carbocycles. The van der Waals surface area contributed by atoms with Crippen LogP contribution in [0.2, 0.25) is 5.02 Å². The largest absolute Gasteiger partial charge is 0.481 e. The van der Waals surface area contributed by atoms with Crippen LogP contribution in [0.3, 0.4) is 0 Å². The number of carboxylic acid groups (broad SMARTS) is 1. The summed E-state index contributed by atoms with van der Waals surface area (Å²) in [6, 6.07) is 8.18. The van der Waals surface area contributed by atoms with Gasteiger partial charge in [0, 0.05) is 55.6 Å². The highest BCUT2D eigenvalue weighted by Crippen LogP contribution is 2.77. The van der Waals surface area contributed by atoms with Gasteiger partial charge in [-0.3, -0.25) is 19.3 Å². The lowest BCUT2D eigenvalue weighted by atomic mass is 9.33. The number of nitrogens with zero attached hydrogens (tertiary/aromatic N) is 2. The van der Waals surface area contributed by atoms with E-state index in [1.807, 2.05) is 19.2 Å². The number of fused-ring (bicyclic) bond motifs is 7. The van der Waals surface area contributed by atoms with E-state index >= 15 is 0 Å². The van der Waals surface area contributed by atoms with Crippen molar-refractivity contribution in [1.82, 2.24) is 9.80 Å². The molecule has 1 unspecified atom stereocenters. The molecule has 4 saturated carbocycles. The lowest BCUT2D eigenvalue weighted by Crippen LogP contribution is -2.66. The van der Waals surface area contributed by atoms with Gasteiger partial charge in [0.25, 0.3) is 0 Å². The SMILES string of the molecule is COC(CN(CCN(C)C)Cc1ccc(Cl)cc1)[C@@]12CC[C@]3(C)[C@H](CC[C@@H]4[C@@]5(C)CC[C@H](OC(=O)CC(C)(C)C(=O)O)C(C)(C)[C@@H]5CC[C@]43C)C1=C(C(C)C)C(=O)C2. The van der Waals surface area contributed by atoms with Gasteiger partial charge >= 0.3 is 11.9 Å². The van der Waals surface area contributed by atoms with Crippen LogP contribution in [0.1, 0.15) is 132 Å². The van der Waals surface area contributed by atoms with Crippen LogP contribution >= 0.6 is 11.6 Å². The number of ketones is 1. The number of halogens is 1. The van der Waals surface area contributed by atoms with Gasteiger partial charge in [0.2, 0.25) is 0 Å². The maximum Gasteiger partial charge on any atom is 0.309 e. The first-order valence-corrected chi connectivity index (χ1v) is 22.7. The van der Waals surface area contributed by atoms with Crippen molar-refractivity contribution in [1.29, 1.82) is 0 Å². The van der Waals surface area contributed by atoms with E-state index in [0.717, 1.165) is 88.1 Å². The average Bonchev–Trinajstić information content (AvgIpc) is 3.44. The second-order valence-electron chi connectivity index (χ2n) is 21.9. The molecule has 0 amide bonds. The first-order chi connectivity index (χ1) is 27.0. The maximum absolute atomic E-state index is 14.5. The highest BCUT2D eigenvalue weighted by molar-refractivity contribution is 6.30. The third-order valence-electron chi connectivity index (χ3n) is 17.4. The Bertz CT molecular complexity index is 1750. The van der Waals surface area contributed by atoms with E-state index in [1.165, 1.54) is 11.1 Å². The zero-order valence-corrected chi connectivity index (χ0v) is 38.7. The molecule has 0 bridgehead atoms. The molecule has 324 valence electrons. The van der Waals surface area contributed by atoms with Crippen molar-refractivity contribution in [2.24, 2.45) is 56.2 Å². The Balaban J connectivity index is 1.30. The fourth-order valence-electron chi connectivity index (χ4n) is 14.0. The van der Waals surface area contributed by atoms with Crippen molar-refractivity contribution in [2.75, 3.05) is 40.8 Å². The summed E-state index contributed by atoms with van der Waals surface area (Å²) in [6.45, 7) is 23.4. The van der Waals surface area contributed by atoms with E-state index in [9.17, 15) is 19.5 Å². The normalized spacial score (nSPS) is 35.1. The molecule has 4 fully saturated rings. The molecule has 9 atom stereocenters. The molecule has 8 nitrogen and oxygen atoms in total. The van der Waals surface area contributed by atoms with Gasteiger partial charge in [-0.2, -0.15) is 0 Å². The number of benzene rings is 1. The number of allylic oxidation sites excluding steroid dienone is 1. The highest BCUT2D eigenvalue weighted by atomic mass is 35.5. The molecule has 0 spiro atoms. The minimum absolute atomic E-state index is 0.0234. The number of likely N-dealkylation sites (N-methyl/N-ethyl adjacent to an activating group) is 1. The van der Waals surface area contributed by atoms with Crippen molar-refractivity contribution < 1.29 is 29.0 Å². The number of rotatable bonds is 14. The minimum Gasteiger partial charge on any atom is -0.481 e. The number of hydrogen-bond acceptors (Lipinski definition) is 7. The van der Waals surface area contributed by atoms with E-state index in [2.05, 4.69) is 84.5 Å². The van der Waals surface area contributed by atoms with Crippen LogP contribution in [0.25, 0.3) is 0 Å². The maximum atomic E-state index is 14.5. The van der Waals surface area contributed by atoms with Gasteiger partial charge in [0.1, 0.15) is 6.10 Å². The van der Waals surface area contributed by atoms with Crippen LogP contribution in [-0.2, 0) is 30.4 Å². The van der Waals surface area contributed by atoms with Crippen LogP contribution in [0.5, 0.6) is 0 Å². The quantitative estimate of drug-likeness (QED) is 0.185. The summed E-state index contributed by atoms with van der Waals surface area (Å²) in [4.78, 5) is 44.3. The van der Waals surface area contributed by atoms with E-state index in [1.54, 1.807) is 13.8 Å². The van der Waals surface area contributed by atoms with Crippen molar-refractivity contribution in [3.8, 4) is 0 Å². The van der Waals surface area contributed by atoms with Crippen LogP contribution in [-0.4, -0.2) is 85.7 Å². The molecule has 1 aromatic rings. The zero-order valence-electron chi connectivity index (χ0n) is 37.9. The number of hydrogen-bond donors (Lipinski definition) is 1. The number of carboxylic acids is 1. The number of methoxy groups -OCH3 is 1. The number of ether oxygens (including phenoxy) is 2. The molecule has 0 aliphatic heterocycles. The Morgan fingerprint density at radius 1 is 0.914 bits per heavy atom. The summed E-state index contributed by atoms with van der Waals surface area (Å²) in [5.74, 6) is 0.300. The second-order valence-corrected chi connectivity index (χ2v) is 22.4. The van der Waals surface area contributed by atoms with Gasteiger partial charge in [-0.15, -0.1) is 0 Å². The van der Waals surface area contributed by atoms with Gasteiger partial charge in [-0.25, -0.2) is 0 Å². The van der Waals surface area contributed by atoms with E-state index < -0.39 is 17.4 Å². The molecule has 0 saturated heterocycles. The number of aliphatic carboxylic acids is 1. The Hall–Kier alpha value is -2.26. The standard InChI is InChI=1S/C49H75ClN2O6/c1-31(2)41-35(53)27-49(39(57-12)30-52(26-25-51(10)11)29-32-13-15-33(50)16-14-32)24-23-47(8)34(42(41)49)17-18-37-46(7)21-20-38(58-40(54)28-44(3,4)43(55)56)45(5,6)36(46)19-22-48(37,47)9/h13-16,31,34,36-39H,17-30H2,1-12H3,(H,55,56)/t34-,36+,37-,38+,39?,46+,47-,48-,49+/m1/s1. The van der Waals surface area contributed by atoms with Gasteiger partial charge < -0.3 is 19.5 Å². The van der Waals surface area contributed by atoms with Gasteiger partial charge in [0.05, 0.1) is 17.9 Å². The fraction of sp³-hybridized carbons (Fsp3) is 0.776. The summed E-state index contributed by atoms with van der Waals surface area (Å²) >= 11 is 6.28. The predicted molar refractivity (Wildman–Crippen MR) is 231 cm³/mol. The Labute approximate surface area is 355 Å². The lowest BCUT2D eigenvalue weighted by molar-refractivity contribution is -0.235. The fourth-order valence-corrected chi connectivity index (χ4v) is 14.2. The third-order valence-corrected chi connectivity index (χ3v) is 17.6. The molecule has 9 heteroatoms. The summed E-state index contributed by atoms with van der Waals surface area (Å²) in [6.07, 6.45) is 8.27. The first kappa shape index (κ1) is 45.3. The highest BCUT2D eigenvalue weighted by Gasteiger charge is 2.71. The van der Waals surface area contributed by atoms with Crippen LogP contribution in [0.15, 0.2) is 35.4 Å². The predicted octanol–water partition coefficient (Wildman–Crippen LogP) is 10.1. The molecule has 1 N–H and O–H groups in total. The van der Waals surface area contributed by atoms with Crippen LogP contribution < -0.4 is 0 Å². The van der Waals surface area contributed by atoms with E-state index in [4.69, 9.17) is 21.1 Å². The molecular weight excluding hydrogens is 748 g/mol. The summed E-state index contributed by atoms with van der Waals surface area (Å²) in [7, 11) is 6.12. The lowest BCUT2D eigenvalue weighted by Gasteiger charge is -2.72. The topological polar surface area (TPSA) is 96.4 Å². The summed E-state index contributed by atoms with van der Waals surface area (Å²) in [5, 5.41) is 10.4. The third kappa shape index (κ3) is 7.65. The number of Topliss-reactive ketones (excluding diaryl/α,β-unsaturated/α-hetero) is 1. The Kier molecular flexibility index (Phi) is 12.7. The monoisotopic (exact) mass is 823 g/mol. The van der Waals surface area contributed by atoms with Crippen molar-refractivity contribution in [2.45, 2.75) is 145 Å². The molecule has 6 rings (SSSR count). The van der Waals surface area contributed by atoms with Crippen molar-refractivity contribution in [3.05, 3.63) is 46.0 Å². The van der Waals surface area contributed by atoms with Gasteiger partial charge in [-0.05, 0) is 142 Å². The molecular formula is C49H75ClN2O6. The van der Waals surface area contributed by atoms with Crippen LogP contribution in [0, 0.1) is 56.2 Å². The van der Waals surface area contributed by atoms with E-state index in [-0.39, 0.29) is 51.6 Å². The van der Waals surface area contributed by atoms with Crippen molar-refractivity contribution in [3.63, 3.8) is 0 Å². The summed E-state index contributed by atoms with van der Waals surface area (Å²) in [5.41, 5.74) is 2.21. The number of carbonyl (C=O) groups excluding carboxylic acids is 2. The van der Waals surface area contributed by atoms with Crippen molar-refractivity contribution >= 4 is 29.3 Å². The molecule has 0 aromatic heterocycles. The van der Waals surface area contributed by atoms with Crippen LogP contribution in [0.4, 0.5) is 0 Å². The molecule has 0 radical (unpaired) electrons. The molecule has 0 heterocycles. The van der Waals surface area contributed by atoms with Gasteiger partial charge in [-0.1, -0.05) is 77.8 Å². The number of carbonyl (C=O) groups is 3. The Morgan fingerprint density at radius 2 is 1.59 bits per heavy atom. The second kappa shape index (κ2) is 16.2. The smallest absolute Gasteiger partial charge is 0.309 e. The Morgan fingerprint density at radius 3 is 2.19 bits per heavy atom. The zero-order chi connectivity index (χ0) is 42.8. The average molecular weight is 824 g/mol. The number of esters is 1. The molecule has 58 heavy (non-hydrogen) atoms. The first-order valence-electron chi connectivity index (χ1n) is 22.3. The van der Waals surface area contributed by atoms with Gasteiger partial charge in [0.15, 0.2) is 5.78 Å². The summed E-state index contributed by atoms with van der Waals surface area (Å²) < 4.78 is 12.9. The van der Waals surface area contributed by atoms with E-state index in [0.29, 0.717) is 30.0 Å². The molecule has 1 aromatic carbocycles. The minimum atomic E-state index is -1.16.